The summed E-state index contributed by atoms with van der Waals surface area (Å²) in [4.78, 5) is 43.4. The van der Waals surface area contributed by atoms with Crippen LogP contribution < -0.4 is 16.3 Å². The quantitative estimate of drug-likeness (QED) is 0.127. The topological polar surface area (TPSA) is 147 Å². The highest BCUT2D eigenvalue weighted by atomic mass is 16.7. The molecule has 0 bridgehead atoms. The van der Waals surface area contributed by atoms with Crippen molar-refractivity contribution in [2.75, 3.05) is 26.7 Å². The van der Waals surface area contributed by atoms with E-state index >= 15 is 0 Å². The first-order chi connectivity index (χ1) is 26.4. The van der Waals surface area contributed by atoms with Gasteiger partial charge >= 0.3 is 17.7 Å². The van der Waals surface area contributed by atoms with Gasteiger partial charge in [0.25, 0.3) is 0 Å². The number of nitrogens with zero attached hydrogens (tertiary/aromatic N) is 2. The summed E-state index contributed by atoms with van der Waals surface area (Å²) in [5, 5.41) is 15.2. The third-order valence-corrected chi connectivity index (χ3v) is 10.4. The molecule has 12 heteroatoms. The van der Waals surface area contributed by atoms with Crippen molar-refractivity contribution in [3.05, 3.63) is 141 Å². The number of likely N-dealkylation sites (tertiary alicyclic amines) is 1. The second-order valence-corrected chi connectivity index (χ2v) is 14.0. The Bertz CT molecular complexity index is 2060. The number of methoxy groups -OCH3 is 1. The number of imidazole rings is 1. The highest BCUT2D eigenvalue weighted by Crippen LogP contribution is 2.38. The van der Waals surface area contributed by atoms with Crippen LogP contribution in [0, 0.1) is 0 Å². The Kier molecular flexibility index (Phi) is 11.8. The largest absolute Gasteiger partial charge is 0.467 e. The Hall–Kier alpha value is -5.27. The fourth-order valence-corrected chi connectivity index (χ4v) is 7.49. The Labute approximate surface area is 314 Å². The highest BCUT2D eigenvalue weighted by molar-refractivity contribution is 5.83. The first-order valence-corrected chi connectivity index (χ1v) is 18.5. The minimum Gasteiger partial charge on any atom is -0.467 e. The summed E-state index contributed by atoms with van der Waals surface area (Å²) in [6.45, 7) is 2.65. The predicted molar refractivity (Wildman–Crippen MR) is 203 cm³/mol. The van der Waals surface area contributed by atoms with Gasteiger partial charge in [0.1, 0.15) is 6.04 Å². The number of ether oxygens (including phenoxy) is 3. The number of benzene rings is 4. The maximum Gasteiger partial charge on any atom is 0.328 e. The lowest BCUT2D eigenvalue weighted by atomic mass is 9.98. The van der Waals surface area contributed by atoms with E-state index in [1.165, 1.54) is 7.11 Å². The molecule has 2 saturated heterocycles. The molecular weight excluding hydrogens is 686 g/mol. The minimum absolute atomic E-state index is 0.0246. The molecule has 12 nitrogen and oxygen atoms in total. The number of piperidine rings is 1. The number of carbonyl (C=O) groups excluding carboxylic acids is 2. The van der Waals surface area contributed by atoms with E-state index in [9.17, 15) is 19.5 Å². The Morgan fingerprint density at radius 3 is 2.28 bits per heavy atom. The van der Waals surface area contributed by atoms with Gasteiger partial charge in [0, 0.05) is 50.6 Å². The standard InChI is InChI=1S/C42H47N5O7/c1-52-39(49)36(23-28-7-3-2-4-8-28)44-41(50)43-25-29-11-17-32(18-12-29)40-53-34(24-38(54-40)31-15-13-30(27-48)14-16-31)26-46-21-19-33(20-22-46)47-37-10-6-5-9-35(37)45-42(47)51/h2-18,33-34,36,38,40,48H,19-27H2,1H3,(H,45,51)(H2,43,44,50)/t34-,36+,38+,40+/m1/s1. The van der Waals surface area contributed by atoms with Crippen LogP contribution in [0.5, 0.6) is 0 Å². The average molecular weight is 734 g/mol. The van der Waals surface area contributed by atoms with E-state index in [0.29, 0.717) is 12.8 Å². The highest BCUT2D eigenvalue weighted by Gasteiger charge is 2.34. The molecule has 2 amide bonds. The second-order valence-electron chi connectivity index (χ2n) is 14.0. The number of H-pyrrole nitrogens is 1. The van der Waals surface area contributed by atoms with Gasteiger partial charge in [-0.15, -0.1) is 0 Å². The zero-order valence-electron chi connectivity index (χ0n) is 30.4. The normalized spacial score (nSPS) is 20.0. The van der Waals surface area contributed by atoms with E-state index in [0.717, 1.165) is 71.3 Å². The van der Waals surface area contributed by atoms with Gasteiger partial charge in [-0.25, -0.2) is 14.4 Å². The lowest BCUT2D eigenvalue weighted by Crippen LogP contribution is -2.47. The molecule has 2 aliphatic heterocycles. The van der Waals surface area contributed by atoms with Crippen LogP contribution in [0.1, 0.15) is 65.5 Å². The first-order valence-electron chi connectivity index (χ1n) is 18.5. The van der Waals surface area contributed by atoms with E-state index in [1.54, 1.807) is 0 Å². The maximum atomic E-state index is 12.8. The van der Waals surface area contributed by atoms with Crippen molar-refractivity contribution in [2.45, 2.75) is 69.4 Å². The molecule has 0 radical (unpaired) electrons. The third-order valence-electron chi connectivity index (χ3n) is 10.4. The van der Waals surface area contributed by atoms with Crippen molar-refractivity contribution >= 4 is 23.0 Å². The molecule has 0 spiro atoms. The van der Waals surface area contributed by atoms with Gasteiger partial charge in [-0.05, 0) is 47.2 Å². The van der Waals surface area contributed by atoms with Crippen molar-refractivity contribution in [3.8, 4) is 0 Å². The number of fused-ring (bicyclic) bond motifs is 1. The van der Waals surface area contributed by atoms with Crippen molar-refractivity contribution in [1.82, 2.24) is 25.1 Å². The monoisotopic (exact) mass is 733 g/mol. The number of para-hydroxylation sites is 2. The van der Waals surface area contributed by atoms with E-state index in [1.807, 2.05) is 108 Å². The van der Waals surface area contributed by atoms with Crippen molar-refractivity contribution in [3.63, 3.8) is 0 Å². The van der Waals surface area contributed by atoms with Gasteiger partial charge in [0.15, 0.2) is 6.29 Å². The van der Waals surface area contributed by atoms with Crippen LogP contribution in [0.15, 0.2) is 108 Å². The number of nitrogens with one attached hydrogen (secondary N) is 3. The number of carbonyl (C=O) groups is 2. The molecular formula is C42H47N5O7. The lowest BCUT2D eigenvalue weighted by molar-refractivity contribution is -0.253. The van der Waals surface area contributed by atoms with Crippen LogP contribution in [0.4, 0.5) is 4.79 Å². The SMILES string of the molecule is COC(=O)[C@H](Cc1ccccc1)NC(=O)NCc1ccc([C@H]2O[C@@H](CN3CCC(n4c(=O)[nH]c5ccccc54)CC3)C[C@@H](c3ccc(CO)cc3)O2)cc1. The zero-order valence-corrected chi connectivity index (χ0v) is 30.4. The lowest BCUT2D eigenvalue weighted by Gasteiger charge is -2.40. The van der Waals surface area contributed by atoms with Gasteiger partial charge in [-0.1, -0.05) is 91.0 Å². The summed E-state index contributed by atoms with van der Waals surface area (Å²) >= 11 is 0. The number of amides is 2. The van der Waals surface area contributed by atoms with Crippen LogP contribution in [0.2, 0.25) is 0 Å². The average Bonchev–Trinajstić information content (AvgIpc) is 3.55. The van der Waals surface area contributed by atoms with Gasteiger partial charge < -0.3 is 39.8 Å². The van der Waals surface area contributed by atoms with E-state index in [4.69, 9.17) is 14.2 Å². The van der Waals surface area contributed by atoms with Gasteiger partial charge in [0.2, 0.25) is 0 Å². The Balaban J connectivity index is 0.982. The van der Waals surface area contributed by atoms with E-state index in [-0.39, 0.29) is 37.1 Å². The molecule has 4 N–H and O–H groups in total. The Morgan fingerprint density at radius 1 is 0.870 bits per heavy atom. The maximum absolute atomic E-state index is 12.8. The molecule has 7 rings (SSSR count). The number of aliphatic hydroxyl groups is 1. The molecule has 3 heterocycles. The first kappa shape index (κ1) is 37.1. The number of hydrogen-bond acceptors (Lipinski definition) is 8. The minimum atomic E-state index is -0.823. The Morgan fingerprint density at radius 2 is 1.56 bits per heavy atom. The summed E-state index contributed by atoms with van der Waals surface area (Å²) in [5.41, 5.74) is 6.25. The smallest absolute Gasteiger partial charge is 0.328 e. The van der Waals surface area contributed by atoms with Crippen LogP contribution >= 0.6 is 0 Å². The van der Waals surface area contributed by atoms with Gasteiger partial charge in [0.05, 0.1) is 37.0 Å². The van der Waals surface area contributed by atoms with Crippen LogP contribution in [0.3, 0.4) is 0 Å². The summed E-state index contributed by atoms with van der Waals surface area (Å²) in [7, 11) is 1.30. The number of aromatic amines is 1. The second kappa shape index (κ2) is 17.3. The molecule has 0 unspecified atom stereocenters. The third kappa shape index (κ3) is 8.91. The number of aromatic nitrogens is 2. The van der Waals surface area contributed by atoms with Crippen LogP contribution in [-0.4, -0.2) is 70.4 Å². The zero-order chi connectivity index (χ0) is 37.4. The molecule has 0 aliphatic carbocycles. The summed E-state index contributed by atoms with van der Waals surface area (Å²) < 4.78 is 20.0. The number of hydrogen-bond donors (Lipinski definition) is 4. The molecule has 282 valence electrons. The molecule has 5 aromatic rings. The van der Waals surface area contributed by atoms with E-state index < -0.39 is 24.3 Å². The molecule has 4 aromatic carbocycles. The predicted octanol–water partition coefficient (Wildman–Crippen LogP) is 5.29. The number of urea groups is 1. The molecule has 0 saturated carbocycles. The number of aliphatic hydroxyl groups excluding tert-OH is 1. The van der Waals surface area contributed by atoms with E-state index in [2.05, 4.69) is 20.5 Å². The van der Waals surface area contributed by atoms with Crippen molar-refractivity contribution < 1.29 is 28.9 Å². The molecule has 1 aromatic heterocycles. The van der Waals surface area contributed by atoms with Crippen LogP contribution in [0.25, 0.3) is 11.0 Å². The molecule has 54 heavy (non-hydrogen) atoms. The van der Waals surface area contributed by atoms with Gasteiger partial charge in [-0.2, -0.15) is 0 Å². The van der Waals surface area contributed by atoms with Gasteiger partial charge in [-0.3, -0.25) is 4.57 Å². The molecule has 4 atom stereocenters. The fourth-order valence-electron chi connectivity index (χ4n) is 7.49. The van der Waals surface area contributed by atoms with Crippen LogP contribution in [-0.2, 0) is 38.6 Å². The fraction of sp³-hybridized carbons (Fsp3) is 0.357. The summed E-state index contributed by atoms with van der Waals surface area (Å²) in [6.07, 6.45) is 1.78. The molecule has 2 aliphatic rings. The summed E-state index contributed by atoms with van der Waals surface area (Å²) in [5.74, 6) is -0.515. The number of rotatable bonds is 12. The molecule has 2 fully saturated rings. The number of esters is 1. The van der Waals surface area contributed by atoms with Crippen molar-refractivity contribution in [1.29, 1.82) is 0 Å². The van der Waals surface area contributed by atoms with Crippen molar-refractivity contribution in [2.24, 2.45) is 0 Å². The summed E-state index contributed by atoms with van der Waals surface area (Å²) in [6, 6.07) is 31.7.